The molecule has 0 spiro atoms. The maximum absolute atomic E-state index is 12.1. The van der Waals surface area contributed by atoms with E-state index in [1.807, 2.05) is 0 Å². The molecule has 1 heterocycles. The standard InChI is InChI=1S/C13H18ClNO3S/c1-18-11-8-9(5-6-10(11)14)13(15)12-4-2-3-7-19(12,16)17/h5-6,8,12-13H,2-4,7,15H2,1H3. The van der Waals surface area contributed by atoms with Crippen LogP contribution in [0.4, 0.5) is 0 Å². The van der Waals surface area contributed by atoms with Crippen LogP contribution in [0.3, 0.4) is 0 Å². The number of ether oxygens (including phenoxy) is 1. The third-order valence-corrected chi connectivity index (χ3v) is 6.21. The molecule has 0 saturated carbocycles. The first-order valence-corrected chi connectivity index (χ1v) is 8.35. The molecule has 1 aromatic rings. The number of rotatable bonds is 3. The Morgan fingerprint density at radius 3 is 2.79 bits per heavy atom. The fourth-order valence-corrected chi connectivity index (χ4v) is 4.71. The van der Waals surface area contributed by atoms with Crippen molar-refractivity contribution in [3.05, 3.63) is 28.8 Å². The van der Waals surface area contributed by atoms with Gasteiger partial charge in [0.1, 0.15) is 5.75 Å². The molecule has 0 aliphatic carbocycles. The molecule has 2 rings (SSSR count). The van der Waals surface area contributed by atoms with Crippen LogP contribution in [0.1, 0.15) is 30.9 Å². The van der Waals surface area contributed by atoms with Crippen LogP contribution in [-0.4, -0.2) is 26.5 Å². The second kappa shape index (κ2) is 5.69. The number of nitrogens with two attached hydrogens (primary N) is 1. The zero-order valence-corrected chi connectivity index (χ0v) is 12.4. The van der Waals surface area contributed by atoms with Gasteiger partial charge in [0.15, 0.2) is 9.84 Å². The van der Waals surface area contributed by atoms with Crippen molar-refractivity contribution in [1.82, 2.24) is 0 Å². The molecule has 6 heteroatoms. The zero-order valence-electron chi connectivity index (χ0n) is 10.8. The fraction of sp³-hybridized carbons (Fsp3) is 0.538. The lowest BCUT2D eigenvalue weighted by atomic mass is 10.00. The molecular weight excluding hydrogens is 286 g/mol. The molecule has 1 aliphatic heterocycles. The van der Waals surface area contributed by atoms with Crippen molar-refractivity contribution in [2.45, 2.75) is 30.6 Å². The number of sulfone groups is 1. The summed E-state index contributed by atoms with van der Waals surface area (Å²) in [7, 11) is -1.58. The Bertz CT molecular complexity index is 559. The predicted octanol–water partition coefficient (Wildman–Crippen LogP) is 2.32. The van der Waals surface area contributed by atoms with E-state index in [2.05, 4.69) is 0 Å². The van der Waals surface area contributed by atoms with Gasteiger partial charge in [0.25, 0.3) is 0 Å². The minimum Gasteiger partial charge on any atom is -0.495 e. The van der Waals surface area contributed by atoms with Gasteiger partial charge in [-0.25, -0.2) is 8.42 Å². The lowest BCUT2D eigenvalue weighted by molar-refractivity contribution is 0.413. The minimum atomic E-state index is -3.10. The number of hydrogen-bond acceptors (Lipinski definition) is 4. The Kier molecular flexibility index (Phi) is 4.38. The first-order valence-electron chi connectivity index (χ1n) is 6.26. The summed E-state index contributed by atoms with van der Waals surface area (Å²) in [5.41, 5.74) is 6.89. The van der Waals surface area contributed by atoms with Gasteiger partial charge in [-0.2, -0.15) is 0 Å². The van der Waals surface area contributed by atoms with Crippen molar-refractivity contribution in [2.24, 2.45) is 5.73 Å². The van der Waals surface area contributed by atoms with E-state index in [1.54, 1.807) is 18.2 Å². The second-order valence-corrected chi connectivity index (χ2v) is 7.57. The summed E-state index contributed by atoms with van der Waals surface area (Å²) in [6, 6.07) is 4.64. The van der Waals surface area contributed by atoms with Gasteiger partial charge in [0.2, 0.25) is 0 Å². The lowest BCUT2D eigenvalue weighted by Crippen LogP contribution is -2.37. The SMILES string of the molecule is COc1cc(C(N)C2CCCCS2(=O)=O)ccc1Cl. The van der Waals surface area contributed by atoms with Gasteiger partial charge in [0.05, 0.1) is 23.1 Å². The molecule has 0 amide bonds. The summed E-state index contributed by atoms with van der Waals surface area (Å²) in [4.78, 5) is 0. The molecule has 1 aliphatic rings. The van der Waals surface area contributed by atoms with E-state index in [0.29, 0.717) is 17.2 Å². The molecule has 0 bridgehead atoms. The molecular formula is C13H18ClNO3S. The average molecular weight is 304 g/mol. The highest BCUT2D eigenvalue weighted by Crippen LogP contribution is 2.33. The summed E-state index contributed by atoms with van der Waals surface area (Å²) < 4.78 is 29.3. The van der Waals surface area contributed by atoms with E-state index < -0.39 is 21.1 Å². The van der Waals surface area contributed by atoms with Gasteiger partial charge >= 0.3 is 0 Å². The third-order valence-electron chi connectivity index (χ3n) is 3.59. The summed E-state index contributed by atoms with van der Waals surface area (Å²) in [6.07, 6.45) is 2.26. The molecule has 1 aromatic carbocycles. The predicted molar refractivity (Wildman–Crippen MR) is 76.4 cm³/mol. The van der Waals surface area contributed by atoms with Crippen molar-refractivity contribution in [3.8, 4) is 5.75 Å². The lowest BCUT2D eigenvalue weighted by Gasteiger charge is -2.28. The highest BCUT2D eigenvalue weighted by molar-refractivity contribution is 7.92. The summed E-state index contributed by atoms with van der Waals surface area (Å²) >= 11 is 5.96. The number of methoxy groups -OCH3 is 1. The Labute approximate surface area is 118 Å². The molecule has 4 nitrogen and oxygen atoms in total. The normalized spacial score (nSPS) is 23.8. The van der Waals surface area contributed by atoms with Crippen molar-refractivity contribution in [1.29, 1.82) is 0 Å². The third kappa shape index (κ3) is 3.04. The number of hydrogen-bond donors (Lipinski definition) is 1. The molecule has 2 unspecified atom stereocenters. The highest BCUT2D eigenvalue weighted by Gasteiger charge is 2.34. The molecule has 2 N–H and O–H groups in total. The van der Waals surface area contributed by atoms with Crippen LogP contribution in [0.5, 0.6) is 5.75 Å². The van der Waals surface area contributed by atoms with E-state index in [1.165, 1.54) is 7.11 Å². The topological polar surface area (TPSA) is 69.4 Å². The Morgan fingerprint density at radius 2 is 2.16 bits per heavy atom. The fourth-order valence-electron chi connectivity index (χ4n) is 2.48. The summed E-state index contributed by atoms with van der Waals surface area (Å²) in [6.45, 7) is 0. The van der Waals surface area contributed by atoms with Gasteiger partial charge in [-0.3, -0.25) is 0 Å². The monoisotopic (exact) mass is 303 g/mol. The van der Waals surface area contributed by atoms with Gasteiger partial charge in [0, 0.05) is 6.04 Å². The second-order valence-electron chi connectivity index (χ2n) is 4.82. The van der Waals surface area contributed by atoms with Crippen molar-refractivity contribution in [2.75, 3.05) is 12.9 Å². The molecule has 106 valence electrons. The summed E-state index contributed by atoms with van der Waals surface area (Å²) in [5, 5.41) is -0.0166. The van der Waals surface area contributed by atoms with Crippen LogP contribution < -0.4 is 10.5 Å². The molecule has 1 saturated heterocycles. The van der Waals surface area contributed by atoms with Gasteiger partial charge < -0.3 is 10.5 Å². The number of benzene rings is 1. The first-order chi connectivity index (χ1) is 8.95. The first kappa shape index (κ1) is 14.6. The van der Waals surface area contributed by atoms with Crippen LogP contribution in [0, 0.1) is 0 Å². The average Bonchev–Trinajstić information content (AvgIpc) is 2.38. The van der Waals surface area contributed by atoms with E-state index in [4.69, 9.17) is 22.1 Å². The van der Waals surface area contributed by atoms with Gasteiger partial charge in [-0.15, -0.1) is 0 Å². The number of halogens is 1. The maximum atomic E-state index is 12.1. The van der Waals surface area contributed by atoms with Crippen molar-refractivity contribution < 1.29 is 13.2 Å². The molecule has 0 aromatic heterocycles. The Morgan fingerprint density at radius 1 is 1.42 bits per heavy atom. The largest absolute Gasteiger partial charge is 0.495 e. The maximum Gasteiger partial charge on any atom is 0.155 e. The molecule has 2 atom stereocenters. The highest BCUT2D eigenvalue weighted by atomic mass is 35.5. The van der Waals surface area contributed by atoms with Crippen LogP contribution in [-0.2, 0) is 9.84 Å². The minimum absolute atomic E-state index is 0.232. The van der Waals surface area contributed by atoms with E-state index in [0.717, 1.165) is 18.4 Å². The van der Waals surface area contributed by atoms with Crippen LogP contribution in [0.15, 0.2) is 18.2 Å². The van der Waals surface area contributed by atoms with Crippen LogP contribution >= 0.6 is 11.6 Å². The van der Waals surface area contributed by atoms with Crippen LogP contribution in [0.25, 0.3) is 0 Å². The van der Waals surface area contributed by atoms with Crippen molar-refractivity contribution >= 4 is 21.4 Å². The van der Waals surface area contributed by atoms with E-state index in [9.17, 15) is 8.42 Å². The van der Waals surface area contributed by atoms with Crippen LogP contribution in [0.2, 0.25) is 5.02 Å². The van der Waals surface area contributed by atoms with E-state index in [-0.39, 0.29) is 5.75 Å². The Balaban J connectivity index is 2.30. The Hall–Kier alpha value is -0.780. The van der Waals surface area contributed by atoms with Crippen molar-refractivity contribution in [3.63, 3.8) is 0 Å². The van der Waals surface area contributed by atoms with Gasteiger partial charge in [-0.05, 0) is 30.5 Å². The van der Waals surface area contributed by atoms with E-state index >= 15 is 0 Å². The summed E-state index contributed by atoms with van der Waals surface area (Å²) in [5.74, 6) is 0.749. The molecule has 1 fully saturated rings. The molecule has 19 heavy (non-hydrogen) atoms. The van der Waals surface area contributed by atoms with Gasteiger partial charge in [-0.1, -0.05) is 24.1 Å². The smallest absolute Gasteiger partial charge is 0.155 e. The molecule has 0 radical (unpaired) electrons. The zero-order chi connectivity index (χ0) is 14.0. The quantitative estimate of drug-likeness (QED) is 0.930.